The number of aromatic carboxylic acids is 1. The van der Waals surface area contributed by atoms with Crippen LogP contribution in [0, 0.1) is 29.6 Å². The minimum absolute atomic E-state index is 0.116. The fourth-order valence-corrected chi connectivity index (χ4v) is 6.44. The topological polar surface area (TPSA) is 260 Å². The third-order valence-electron chi connectivity index (χ3n) is 6.52. The number of carboxylic acid groups (broad SMARTS) is 1. The average molecular weight is 894 g/mol. The molecule has 0 aromatic carbocycles. The van der Waals surface area contributed by atoms with E-state index in [2.05, 4.69) is 42.0 Å². The van der Waals surface area contributed by atoms with Gasteiger partial charge in [-0.15, -0.1) is 22.7 Å². The molecule has 22 heteroatoms. The van der Waals surface area contributed by atoms with Gasteiger partial charge in [0.05, 0.1) is 56.7 Å². The number of thiol groups is 1. The summed E-state index contributed by atoms with van der Waals surface area (Å²) in [6, 6.07) is 17.1. The largest absolute Gasteiger partial charge is 0.481 e. The number of esters is 2. The van der Waals surface area contributed by atoms with Crippen LogP contribution in [0.15, 0.2) is 48.5 Å². The van der Waals surface area contributed by atoms with Crippen LogP contribution >= 0.6 is 70.1 Å². The summed E-state index contributed by atoms with van der Waals surface area (Å²) in [4.78, 5) is 49.7. The SMILES string of the molecule is COC(=O)CS.COC(=O)c1sc2nc(OC)ccc2c1N.COc1ccc2c(N)c(C(=O)O)sc2n1.Cc1ccc(C#N)c(Cl)n1.N#Cc1ccc(Cl)nc1Cl. The molecule has 57 heavy (non-hydrogen) atoms. The third-order valence-corrected chi connectivity index (χ3v) is 9.76. The number of nitrogens with zero attached hydrogens (tertiary/aromatic N) is 6. The van der Waals surface area contributed by atoms with Gasteiger partial charge >= 0.3 is 17.9 Å². The van der Waals surface area contributed by atoms with Crippen LogP contribution in [0.1, 0.15) is 36.2 Å². The number of nitrogen functional groups attached to an aromatic ring is 2. The van der Waals surface area contributed by atoms with Gasteiger partial charge in [0, 0.05) is 28.6 Å². The Hall–Kier alpha value is -5.67. The van der Waals surface area contributed by atoms with Crippen molar-refractivity contribution in [3.05, 3.63) is 90.6 Å². The zero-order chi connectivity index (χ0) is 42.8. The zero-order valence-electron chi connectivity index (χ0n) is 30.4. The second-order valence-electron chi connectivity index (χ2n) is 10.1. The van der Waals surface area contributed by atoms with Gasteiger partial charge in [-0.3, -0.25) is 4.79 Å². The number of nitrogens with two attached hydrogens (primary N) is 2. The molecule has 6 aromatic rings. The summed E-state index contributed by atoms with van der Waals surface area (Å²) in [6.45, 7) is 1.83. The van der Waals surface area contributed by atoms with Gasteiger partial charge in [0.25, 0.3) is 0 Å². The maximum atomic E-state index is 11.4. The minimum atomic E-state index is -1.03. The Labute approximate surface area is 353 Å². The van der Waals surface area contributed by atoms with Crippen molar-refractivity contribution in [1.82, 2.24) is 19.9 Å². The Bertz CT molecular complexity index is 2390. The summed E-state index contributed by atoms with van der Waals surface area (Å²) < 4.78 is 18.8. The van der Waals surface area contributed by atoms with Crippen molar-refractivity contribution in [3.8, 4) is 23.9 Å². The number of carbonyl (C=O) groups excluding carboxylic acids is 2. The number of aryl methyl sites for hydroxylation is 1. The van der Waals surface area contributed by atoms with E-state index in [9.17, 15) is 14.4 Å². The molecule has 298 valence electrons. The summed E-state index contributed by atoms with van der Waals surface area (Å²) in [6.07, 6.45) is 0. The predicted octanol–water partition coefficient (Wildman–Crippen LogP) is 7.52. The van der Waals surface area contributed by atoms with Crippen LogP contribution < -0.4 is 20.9 Å². The number of pyridine rings is 4. The fraction of sp³-hybridized carbons (Fsp3) is 0.171. The zero-order valence-corrected chi connectivity index (χ0v) is 35.2. The Morgan fingerprint density at radius 1 is 0.737 bits per heavy atom. The van der Waals surface area contributed by atoms with Crippen LogP contribution in [0.25, 0.3) is 20.4 Å². The number of anilines is 2. The molecule has 0 aliphatic carbocycles. The average Bonchev–Trinajstić information content (AvgIpc) is 3.73. The van der Waals surface area contributed by atoms with Gasteiger partial charge in [-0.25, -0.2) is 29.5 Å². The van der Waals surface area contributed by atoms with Crippen LogP contribution in [-0.2, 0) is 14.3 Å². The number of methoxy groups -OCH3 is 4. The number of thiophene rings is 2. The van der Waals surface area contributed by atoms with Gasteiger partial charge in [-0.2, -0.15) is 23.2 Å². The number of nitriles is 2. The van der Waals surface area contributed by atoms with Gasteiger partial charge in [-0.1, -0.05) is 34.8 Å². The quantitative estimate of drug-likeness (QED) is 0.0741. The molecule has 6 rings (SSSR count). The highest BCUT2D eigenvalue weighted by atomic mass is 35.5. The highest BCUT2D eigenvalue weighted by Crippen LogP contribution is 2.34. The standard InChI is InChI=1S/C10H10N2O3S.C9H8N2O3S.C7H5ClN2.C6H2Cl2N2.C3H6O2S/c1-14-6-4-3-5-7(11)8(10(13)15-2)16-9(5)12-6;1-14-5-3-2-4-6(10)7(9(12)13)15-8(4)11-5;1-5-2-3-6(4-9)7(8)10-5;7-5-2-1-4(3-9)6(8)10-5;1-5-3(4)2-6/h3-4H,11H2,1-2H3;2-3H,10H2,1H3,(H,12,13);2-3H,1H3;1-2H;6H,2H2,1H3. The van der Waals surface area contributed by atoms with Crippen molar-refractivity contribution < 1.29 is 38.4 Å². The molecule has 0 fully saturated rings. The van der Waals surface area contributed by atoms with Gasteiger partial charge < -0.3 is 35.5 Å². The van der Waals surface area contributed by atoms with Crippen molar-refractivity contribution in [2.45, 2.75) is 6.92 Å². The first-order chi connectivity index (χ1) is 27.1. The fourth-order valence-electron chi connectivity index (χ4n) is 3.76. The number of aromatic nitrogens is 4. The van der Waals surface area contributed by atoms with Crippen molar-refractivity contribution >= 4 is 120 Å². The van der Waals surface area contributed by atoms with Crippen molar-refractivity contribution in [2.75, 3.05) is 45.7 Å². The summed E-state index contributed by atoms with van der Waals surface area (Å²) in [5.41, 5.74) is 13.8. The smallest absolute Gasteiger partial charge is 0.350 e. The molecule has 0 saturated carbocycles. The summed E-state index contributed by atoms with van der Waals surface area (Å²) in [5, 5.41) is 27.8. The summed E-state index contributed by atoms with van der Waals surface area (Å²) >= 11 is 22.4. The maximum Gasteiger partial charge on any atom is 0.350 e. The molecule has 0 aliphatic heterocycles. The lowest BCUT2D eigenvalue weighted by Gasteiger charge is -1.97. The lowest BCUT2D eigenvalue weighted by Crippen LogP contribution is -2.01. The first-order valence-corrected chi connectivity index (χ1v) is 18.7. The van der Waals surface area contributed by atoms with E-state index in [0.29, 0.717) is 53.7 Å². The van der Waals surface area contributed by atoms with Crippen LogP contribution in [0.5, 0.6) is 11.8 Å². The first-order valence-electron chi connectivity index (χ1n) is 15.3. The van der Waals surface area contributed by atoms with E-state index in [4.69, 9.17) is 71.4 Å². The molecule has 0 atom stereocenters. The van der Waals surface area contributed by atoms with Crippen LogP contribution in [0.2, 0.25) is 15.5 Å². The second kappa shape index (κ2) is 23.4. The van der Waals surface area contributed by atoms with Crippen molar-refractivity contribution in [2.24, 2.45) is 0 Å². The number of rotatable bonds is 5. The number of halogens is 3. The van der Waals surface area contributed by atoms with E-state index >= 15 is 0 Å². The van der Waals surface area contributed by atoms with E-state index in [-0.39, 0.29) is 32.6 Å². The van der Waals surface area contributed by atoms with E-state index < -0.39 is 11.9 Å². The number of carbonyl (C=O) groups is 3. The number of hydrogen-bond acceptors (Lipinski definition) is 18. The van der Waals surface area contributed by atoms with Crippen LogP contribution in [0.4, 0.5) is 11.4 Å². The van der Waals surface area contributed by atoms with Gasteiger partial charge in [0.15, 0.2) is 0 Å². The van der Waals surface area contributed by atoms with E-state index in [0.717, 1.165) is 22.4 Å². The molecule has 16 nitrogen and oxygen atoms in total. The number of ether oxygens (including phenoxy) is 4. The number of carboxylic acids is 1. The molecule has 0 bridgehead atoms. The molecule has 0 radical (unpaired) electrons. The second-order valence-corrected chi connectivity index (χ2v) is 13.5. The van der Waals surface area contributed by atoms with E-state index in [1.54, 1.807) is 36.4 Å². The van der Waals surface area contributed by atoms with Crippen LogP contribution in [-0.4, -0.2) is 77.1 Å². The number of fused-ring (bicyclic) bond motifs is 2. The molecule has 6 aromatic heterocycles. The third kappa shape index (κ3) is 13.8. The first kappa shape index (κ1) is 47.5. The summed E-state index contributed by atoms with van der Waals surface area (Å²) in [5.74, 6) is -0.672. The van der Waals surface area contributed by atoms with Gasteiger partial charge in [0.2, 0.25) is 11.8 Å². The van der Waals surface area contributed by atoms with Crippen molar-refractivity contribution in [1.29, 1.82) is 10.5 Å². The van der Waals surface area contributed by atoms with Crippen molar-refractivity contribution in [3.63, 3.8) is 0 Å². The minimum Gasteiger partial charge on any atom is -0.481 e. The lowest BCUT2D eigenvalue weighted by molar-refractivity contribution is -0.137. The Balaban J connectivity index is 0.000000255. The monoisotopic (exact) mass is 892 g/mol. The predicted molar refractivity (Wildman–Crippen MR) is 223 cm³/mol. The highest BCUT2D eigenvalue weighted by Gasteiger charge is 2.18. The molecule has 0 amide bonds. The van der Waals surface area contributed by atoms with Gasteiger partial charge in [0.1, 0.15) is 47.0 Å². The molecular weight excluding hydrogens is 863 g/mol. The molecule has 5 N–H and O–H groups in total. The highest BCUT2D eigenvalue weighted by molar-refractivity contribution is 7.81. The Kier molecular flexibility index (Phi) is 19.5. The van der Waals surface area contributed by atoms with Gasteiger partial charge in [-0.05, 0) is 43.3 Å². The molecule has 0 saturated heterocycles. The maximum absolute atomic E-state index is 11.4. The van der Waals surface area contributed by atoms with E-state index in [1.165, 1.54) is 51.9 Å². The molecular formula is C35H31Cl3N8O8S3. The molecule has 0 aliphatic rings. The molecule has 6 heterocycles. The number of hydrogen-bond donors (Lipinski definition) is 4. The Morgan fingerprint density at radius 2 is 1.21 bits per heavy atom. The molecule has 0 unspecified atom stereocenters. The lowest BCUT2D eigenvalue weighted by atomic mass is 10.2. The Morgan fingerprint density at radius 3 is 1.60 bits per heavy atom. The van der Waals surface area contributed by atoms with Crippen LogP contribution in [0.3, 0.4) is 0 Å². The normalized spacial score (nSPS) is 9.60. The van der Waals surface area contributed by atoms with E-state index in [1.807, 2.05) is 19.1 Å². The summed E-state index contributed by atoms with van der Waals surface area (Å²) in [7, 11) is 5.69. The molecule has 0 spiro atoms.